The van der Waals surface area contributed by atoms with Gasteiger partial charge in [-0.1, -0.05) is 29.5 Å². The van der Waals surface area contributed by atoms with E-state index in [-0.39, 0.29) is 0 Å². The Labute approximate surface area is 63.9 Å². The van der Waals surface area contributed by atoms with Crippen molar-refractivity contribution >= 4 is 22.6 Å². The summed E-state index contributed by atoms with van der Waals surface area (Å²) in [6.07, 6.45) is 2.97. The standard InChI is InChI=1S/C6H11IO/c1-2-6-5(7)3-4-8-6/h5-6H,2-4H2,1H3/t5-,6-/m0/s1. The van der Waals surface area contributed by atoms with Crippen LogP contribution < -0.4 is 0 Å². The van der Waals surface area contributed by atoms with Crippen molar-refractivity contribution in [1.29, 1.82) is 0 Å². The molecule has 0 saturated carbocycles. The molecule has 0 radical (unpaired) electrons. The van der Waals surface area contributed by atoms with Gasteiger partial charge >= 0.3 is 0 Å². The van der Waals surface area contributed by atoms with Crippen LogP contribution in [0.15, 0.2) is 0 Å². The van der Waals surface area contributed by atoms with Gasteiger partial charge in [-0.15, -0.1) is 0 Å². The Morgan fingerprint density at radius 2 is 2.50 bits per heavy atom. The van der Waals surface area contributed by atoms with Crippen LogP contribution in [0.4, 0.5) is 0 Å². The molecule has 1 heterocycles. The van der Waals surface area contributed by atoms with Crippen LogP contribution >= 0.6 is 22.6 Å². The lowest BCUT2D eigenvalue weighted by atomic mass is 10.2. The van der Waals surface area contributed by atoms with Crippen LogP contribution in [0.5, 0.6) is 0 Å². The van der Waals surface area contributed by atoms with Gasteiger partial charge in [-0.3, -0.25) is 0 Å². The molecular formula is C6H11IO. The molecule has 1 fully saturated rings. The van der Waals surface area contributed by atoms with Crippen molar-refractivity contribution in [2.24, 2.45) is 0 Å². The zero-order valence-electron chi connectivity index (χ0n) is 5.06. The predicted octanol–water partition coefficient (Wildman–Crippen LogP) is 1.99. The van der Waals surface area contributed by atoms with Crippen molar-refractivity contribution in [2.45, 2.75) is 29.8 Å². The molecule has 1 saturated heterocycles. The topological polar surface area (TPSA) is 9.23 Å². The van der Waals surface area contributed by atoms with Crippen LogP contribution in [0, 0.1) is 0 Å². The van der Waals surface area contributed by atoms with Crippen LogP contribution in [-0.4, -0.2) is 16.6 Å². The fourth-order valence-electron chi connectivity index (χ4n) is 0.996. The third-order valence-corrected chi connectivity index (χ3v) is 2.96. The zero-order chi connectivity index (χ0) is 5.98. The minimum Gasteiger partial charge on any atom is -0.377 e. The monoisotopic (exact) mass is 226 g/mol. The Balaban J connectivity index is 2.30. The first kappa shape index (κ1) is 6.81. The van der Waals surface area contributed by atoms with E-state index in [1.54, 1.807) is 0 Å². The number of ether oxygens (including phenoxy) is 1. The Kier molecular flexibility index (Phi) is 2.56. The number of rotatable bonds is 1. The maximum atomic E-state index is 5.41. The van der Waals surface area contributed by atoms with Crippen molar-refractivity contribution in [3.05, 3.63) is 0 Å². The number of hydrogen-bond acceptors (Lipinski definition) is 1. The maximum absolute atomic E-state index is 5.41. The lowest BCUT2D eigenvalue weighted by molar-refractivity contribution is 0.112. The van der Waals surface area contributed by atoms with E-state index in [0.717, 1.165) is 10.5 Å². The molecule has 2 atom stereocenters. The Morgan fingerprint density at radius 1 is 1.75 bits per heavy atom. The predicted molar refractivity (Wildman–Crippen MR) is 42.5 cm³/mol. The van der Waals surface area contributed by atoms with Crippen LogP contribution in [0.3, 0.4) is 0 Å². The molecule has 48 valence electrons. The highest BCUT2D eigenvalue weighted by atomic mass is 127. The summed E-state index contributed by atoms with van der Waals surface area (Å²) < 4.78 is 6.18. The highest BCUT2D eigenvalue weighted by molar-refractivity contribution is 14.1. The normalized spacial score (nSPS) is 38.2. The van der Waals surface area contributed by atoms with Gasteiger partial charge in [0.1, 0.15) is 0 Å². The van der Waals surface area contributed by atoms with Gasteiger partial charge < -0.3 is 4.74 Å². The van der Waals surface area contributed by atoms with Crippen LogP contribution in [-0.2, 0) is 4.74 Å². The molecule has 1 aliphatic heterocycles. The summed E-state index contributed by atoms with van der Waals surface area (Å²) in [4.78, 5) is 0. The summed E-state index contributed by atoms with van der Waals surface area (Å²) in [6.45, 7) is 3.16. The minimum atomic E-state index is 0.551. The van der Waals surface area contributed by atoms with E-state index in [1.165, 1.54) is 12.8 Å². The van der Waals surface area contributed by atoms with E-state index < -0.39 is 0 Å². The second-order valence-electron chi connectivity index (χ2n) is 2.12. The Bertz CT molecular complexity index is 74.9. The van der Waals surface area contributed by atoms with Crippen molar-refractivity contribution in [2.75, 3.05) is 6.61 Å². The number of halogens is 1. The van der Waals surface area contributed by atoms with Gasteiger partial charge in [0, 0.05) is 10.5 Å². The fraction of sp³-hybridized carbons (Fsp3) is 1.00. The lowest BCUT2D eigenvalue weighted by Crippen LogP contribution is -2.12. The second-order valence-corrected chi connectivity index (χ2v) is 3.72. The van der Waals surface area contributed by atoms with E-state index in [9.17, 15) is 0 Å². The molecule has 0 N–H and O–H groups in total. The molecule has 0 spiro atoms. The van der Waals surface area contributed by atoms with Crippen molar-refractivity contribution in [1.82, 2.24) is 0 Å². The van der Waals surface area contributed by atoms with Crippen molar-refractivity contribution in [3.63, 3.8) is 0 Å². The highest BCUT2D eigenvalue weighted by Crippen LogP contribution is 2.23. The Hall–Kier alpha value is 0.690. The van der Waals surface area contributed by atoms with E-state index in [0.29, 0.717) is 6.10 Å². The molecule has 1 rings (SSSR count). The summed E-state index contributed by atoms with van der Waals surface area (Å²) in [6, 6.07) is 0. The molecule has 0 unspecified atom stereocenters. The summed E-state index contributed by atoms with van der Waals surface area (Å²) in [7, 11) is 0. The first-order chi connectivity index (χ1) is 3.84. The van der Waals surface area contributed by atoms with Gasteiger partial charge in [-0.05, 0) is 12.8 Å². The summed E-state index contributed by atoms with van der Waals surface area (Å²) in [5, 5.41) is 0. The third kappa shape index (κ3) is 1.35. The molecule has 0 bridgehead atoms. The Morgan fingerprint density at radius 3 is 2.75 bits per heavy atom. The first-order valence-electron chi connectivity index (χ1n) is 3.10. The molecule has 0 aliphatic carbocycles. The molecular weight excluding hydrogens is 215 g/mol. The van der Waals surface area contributed by atoms with Crippen molar-refractivity contribution in [3.8, 4) is 0 Å². The van der Waals surface area contributed by atoms with E-state index in [1.807, 2.05) is 0 Å². The largest absolute Gasteiger partial charge is 0.377 e. The molecule has 0 amide bonds. The summed E-state index contributed by atoms with van der Waals surface area (Å²) >= 11 is 2.47. The van der Waals surface area contributed by atoms with Gasteiger partial charge in [0.2, 0.25) is 0 Å². The van der Waals surface area contributed by atoms with Gasteiger partial charge in [0.25, 0.3) is 0 Å². The smallest absolute Gasteiger partial charge is 0.0690 e. The zero-order valence-corrected chi connectivity index (χ0v) is 7.22. The molecule has 0 aromatic carbocycles. The first-order valence-corrected chi connectivity index (χ1v) is 4.35. The molecule has 1 aliphatic rings. The minimum absolute atomic E-state index is 0.551. The number of hydrogen-bond donors (Lipinski definition) is 0. The van der Waals surface area contributed by atoms with Gasteiger partial charge in [-0.2, -0.15) is 0 Å². The maximum Gasteiger partial charge on any atom is 0.0690 e. The molecule has 8 heavy (non-hydrogen) atoms. The van der Waals surface area contributed by atoms with Gasteiger partial charge in [0.15, 0.2) is 0 Å². The lowest BCUT2D eigenvalue weighted by Gasteiger charge is -2.08. The summed E-state index contributed by atoms with van der Waals surface area (Å²) in [5.74, 6) is 0. The van der Waals surface area contributed by atoms with Crippen LogP contribution in [0.1, 0.15) is 19.8 Å². The van der Waals surface area contributed by atoms with E-state index in [4.69, 9.17) is 4.74 Å². The van der Waals surface area contributed by atoms with E-state index in [2.05, 4.69) is 29.5 Å². The molecule has 0 aromatic heterocycles. The van der Waals surface area contributed by atoms with Crippen LogP contribution in [0.25, 0.3) is 0 Å². The third-order valence-electron chi connectivity index (χ3n) is 1.53. The van der Waals surface area contributed by atoms with E-state index >= 15 is 0 Å². The van der Waals surface area contributed by atoms with Gasteiger partial charge in [0.05, 0.1) is 6.10 Å². The molecule has 2 heteroatoms. The summed E-state index contributed by atoms with van der Waals surface area (Å²) in [5.41, 5.74) is 0. The fourth-order valence-corrected chi connectivity index (χ4v) is 1.97. The quantitative estimate of drug-likeness (QED) is 0.490. The molecule has 0 aromatic rings. The average molecular weight is 226 g/mol. The molecule has 1 nitrogen and oxygen atoms in total. The highest BCUT2D eigenvalue weighted by Gasteiger charge is 2.23. The van der Waals surface area contributed by atoms with Crippen LogP contribution in [0.2, 0.25) is 0 Å². The second kappa shape index (κ2) is 3.01. The SMILES string of the molecule is CC[C@@H]1OCC[C@@H]1I. The van der Waals surface area contributed by atoms with Crippen molar-refractivity contribution < 1.29 is 4.74 Å². The number of alkyl halides is 1. The average Bonchev–Trinajstić information content (AvgIpc) is 2.14. The van der Waals surface area contributed by atoms with Gasteiger partial charge in [-0.25, -0.2) is 0 Å².